The maximum atomic E-state index is 2.28. The standard InChI is InChI=1S/C14H10P.Li/c1-2-6-11(7-3-1)14-10-12-8-4-5-9-13(12)15-14;/h1-10H;/q-1;+1. The Hall–Kier alpha value is -0.923. The van der Waals surface area contributed by atoms with Gasteiger partial charge in [-0.1, -0.05) is 66.0 Å². The van der Waals surface area contributed by atoms with Crippen LogP contribution in [0.5, 0.6) is 0 Å². The van der Waals surface area contributed by atoms with Gasteiger partial charge in [-0.25, -0.2) is 0 Å². The molecule has 0 amide bonds. The fourth-order valence-electron chi connectivity index (χ4n) is 1.78. The van der Waals surface area contributed by atoms with Crippen molar-refractivity contribution in [2.45, 2.75) is 0 Å². The van der Waals surface area contributed by atoms with E-state index in [2.05, 4.69) is 60.7 Å². The summed E-state index contributed by atoms with van der Waals surface area (Å²) in [6.45, 7) is 0. The topological polar surface area (TPSA) is 0 Å². The molecule has 0 atom stereocenters. The second kappa shape index (κ2) is 4.94. The van der Waals surface area contributed by atoms with Crippen LogP contribution in [0.4, 0.5) is 0 Å². The summed E-state index contributed by atoms with van der Waals surface area (Å²) >= 11 is 0. The monoisotopic (exact) mass is 216 g/mol. The van der Waals surface area contributed by atoms with Crippen LogP contribution in [0.3, 0.4) is 0 Å². The van der Waals surface area contributed by atoms with Crippen molar-refractivity contribution in [3.05, 3.63) is 60.7 Å². The third kappa shape index (κ3) is 2.11. The predicted octanol–water partition coefficient (Wildman–Crippen LogP) is 1.81. The number of rotatable bonds is 1. The van der Waals surface area contributed by atoms with Gasteiger partial charge in [-0.3, -0.25) is 0 Å². The number of hydrogen-bond donors (Lipinski definition) is 0. The Bertz CT molecular complexity index is 551. The van der Waals surface area contributed by atoms with E-state index in [1.54, 1.807) is 0 Å². The second-order valence-corrected chi connectivity index (χ2v) is 4.75. The van der Waals surface area contributed by atoms with Gasteiger partial charge in [0.1, 0.15) is 0 Å². The first kappa shape index (κ1) is 11.6. The van der Waals surface area contributed by atoms with Crippen LogP contribution in [0.25, 0.3) is 21.4 Å². The Balaban J connectivity index is 0.000000963. The van der Waals surface area contributed by atoms with Crippen LogP contribution in [-0.2, 0) is 0 Å². The van der Waals surface area contributed by atoms with E-state index < -0.39 is 0 Å². The maximum Gasteiger partial charge on any atom is 1.00 e. The predicted molar refractivity (Wildman–Crippen MR) is 67.5 cm³/mol. The van der Waals surface area contributed by atoms with Crippen molar-refractivity contribution in [1.29, 1.82) is 0 Å². The fourth-order valence-corrected chi connectivity index (χ4v) is 2.95. The molecule has 0 saturated carbocycles. The molecule has 3 rings (SSSR count). The average molecular weight is 216 g/mol. The Labute approximate surface area is 109 Å². The fraction of sp³-hybridized carbons (Fsp3) is 0. The van der Waals surface area contributed by atoms with Crippen LogP contribution in [0.2, 0.25) is 0 Å². The molecule has 3 aromatic rings. The molecule has 2 heteroatoms. The van der Waals surface area contributed by atoms with Crippen LogP contribution in [-0.4, -0.2) is 0 Å². The quantitative estimate of drug-likeness (QED) is 0.544. The molecular weight excluding hydrogens is 206 g/mol. The first-order chi connectivity index (χ1) is 7.43. The van der Waals surface area contributed by atoms with Crippen molar-refractivity contribution in [3.8, 4) is 10.9 Å². The Morgan fingerprint density at radius 3 is 2.19 bits per heavy atom. The number of hydrogen-bond acceptors (Lipinski definition) is 0. The van der Waals surface area contributed by atoms with E-state index in [1.165, 1.54) is 29.6 Å². The van der Waals surface area contributed by atoms with Crippen LogP contribution >= 0.6 is 8.19 Å². The molecule has 0 saturated heterocycles. The zero-order valence-electron chi connectivity index (χ0n) is 9.22. The van der Waals surface area contributed by atoms with Gasteiger partial charge in [0.25, 0.3) is 0 Å². The molecule has 1 heterocycles. The van der Waals surface area contributed by atoms with Crippen LogP contribution in [0.15, 0.2) is 60.7 Å². The van der Waals surface area contributed by atoms with Gasteiger partial charge in [-0.05, 0) is 5.56 Å². The van der Waals surface area contributed by atoms with Crippen LogP contribution in [0, 0.1) is 0 Å². The molecule has 0 N–H and O–H groups in total. The minimum atomic E-state index is 0. The van der Waals surface area contributed by atoms with Crippen molar-refractivity contribution in [2.75, 3.05) is 0 Å². The van der Waals surface area contributed by atoms with Gasteiger partial charge in [0.15, 0.2) is 0 Å². The molecule has 0 aliphatic carbocycles. The SMILES string of the molecule is [Li+].c1ccc(-c2cc3ccccc3[p-]2)cc1. The molecule has 72 valence electrons. The van der Waals surface area contributed by atoms with Gasteiger partial charge in [0.2, 0.25) is 0 Å². The molecule has 1 aromatic heterocycles. The van der Waals surface area contributed by atoms with Crippen molar-refractivity contribution in [1.82, 2.24) is 0 Å². The summed E-state index contributed by atoms with van der Waals surface area (Å²) in [7, 11) is 1.33. The Morgan fingerprint density at radius 1 is 0.750 bits per heavy atom. The molecule has 0 spiro atoms. The van der Waals surface area contributed by atoms with Crippen molar-refractivity contribution >= 4 is 18.7 Å². The van der Waals surface area contributed by atoms with E-state index in [0.29, 0.717) is 0 Å². The zero-order chi connectivity index (χ0) is 10.1. The molecule has 0 aliphatic heterocycles. The summed E-state index contributed by atoms with van der Waals surface area (Å²) in [5, 5.41) is 4.17. The third-order valence-electron chi connectivity index (χ3n) is 2.54. The van der Waals surface area contributed by atoms with E-state index in [4.69, 9.17) is 0 Å². The number of fused-ring (bicyclic) bond motifs is 1. The molecule has 0 fully saturated rings. The third-order valence-corrected chi connectivity index (χ3v) is 3.82. The second-order valence-electron chi connectivity index (χ2n) is 3.57. The zero-order valence-corrected chi connectivity index (χ0v) is 10.1. The minimum absolute atomic E-state index is 0. The van der Waals surface area contributed by atoms with E-state index in [9.17, 15) is 0 Å². The normalized spacial score (nSPS) is 10.5. The van der Waals surface area contributed by atoms with Crippen LogP contribution < -0.4 is 18.9 Å². The summed E-state index contributed by atoms with van der Waals surface area (Å²) in [5.41, 5.74) is 1.33. The van der Waals surface area contributed by atoms with Gasteiger partial charge in [-0.2, -0.15) is 10.4 Å². The molecular formula is C14H10LiP. The van der Waals surface area contributed by atoms with Crippen molar-refractivity contribution in [3.63, 3.8) is 0 Å². The summed E-state index contributed by atoms with van der Waals surface area (Å²) in [4.78, 5) is 0. The first-order valence-electron chi connectivity index (χ1n) is 5.01. The Morgan fingerprint density at radius 2 is 1.44 bits per heavy atom. The van der Waals surface area contributed by atoms with E-state index >= 15 is 0 Å². The van der Waals surface area contributed by atoms with Crippen molar-refractivity contribution in [2.24, 2.45) is 0 Å². The van der Waals surface area contributed by atoms with E-state index in [-0.39, 0.29) is 18.9 Å². The number of benzene rings is 2. The summed E-state index contributed by atoms with van der Waals surface area (Å²) in [5.74, 6) is 0. The van der Waals surface area contributed by atoms with Crippen LogP contribution in [0.1, 0.15) is 0 Å². The van der Waals surface area contributed by atoms with Gasteiger partial charge < -0.3 is 8.19 Å². The van der Waals surface area contributed by atoms with Gasteiger partial charge >= 0.3 is 18.9 Å². The summed E-state index contributed by atoms with van der Waals surface area (Å²) in [6, 6.07) is 21.4. The summed E-state index contributed by atoms with van der Waals surface area (Å²) < 4.78 is 0. The molecule has 0 radical (unpaired) electrons. The van der Waals surface area contributed by atoms with Gasteiger partial charge in [0, 0.05) is 0 Å². The van der Waals surface area contributed by atoms with Crippen molar-refractivity contribution < 1.29 is 18.9 Å². The van der Waals surface area contributed by atoms with Gasteiger partial charge in [0.05, 0.1) is 0 Å². The largest absolute Gasteiger partial charge is 1.00 e. The molecule has 0 unspecified atom stereocenters. The average Bonchev–Trinajstić information content (AvgIpc) is 2.74. The molecule has 2 aromatic carbocycles. The molecule has 0 bridgehead atoms. The van der Waals surface area contributed by atoms with E-state index in [0.717, 1.165) is 0 Å². The molecule has 16 heavy (non-hydrogen) atoms. The summed E-state index contributed by atoms with van der Waals surface area (Å²) in [6.07, 6.45) is 0. The first-order valence-corrected chi connectivity index (χ1v) is 5.91. The minimum Gasteiger partial charge on any atom is -0.514 e. The van der Waals surface area contributed by atoms with Gasteiger partial charge in [-0.15, -0.1) is 0 Å². The molecule has 0 nitrogen and oxygen atoms in total. The smallest absolute Gasteiger partial charge is 0.514 e. The Kier molecular flexibility index (Phi) is 3.57. The molecule has 0 aliphatic rings. The van der Waals surface area contributed by atoms with E-state index in [1.807, 2.05) is 0 Å². The maximum absolute atomic E-state index is 2.28.